The summed E-state index contributed by atoms with van der Waals surface area (Å²) < 4.78 is 40.9. The molecule has 1 unspecified atom stereocenters. The van der Waals surface area contributed by atoms with Crippen LogP contribution >= 0.6 is 0 Å². The fourth-order valence-electron chi connectivity index (χ4n) is 5.81. The molecule has 0 amide bonds. The molecular formula is C27H34F3NO3. The minimum absolute atomic E-state index is 0.0218. The maximum absolute atomic E-state index is 11.8. The fourth-order valence-corrected chi connectivity index (χ4v) is 5.81. The van der Waals surface area contributed by atoms with E-state index in [4.69, 9.17) is 9.72 Å². The minimum Gasteiger partial charge on any atom is -0.392 e. The Hall–Kier alpha value is -1.96. The van der Waals surface area contributed by atoms with E-state index in [1.54, 1.807) is 6.07 Å². The molecule has 1 saturated heterocycles. The number of hydrogen-bond donors (Lipinski definition) is 2. The third-order valence-corrected chi connectivity index (χ3v) is 7.70. The average molecular weight is 478 g/mol. The maximum Gasteiger partial charge on any atom is 0.416 e. The highest BCUT2D eigenvalue weighted by molar-refractivity contribution is 5.45. The Kier molecular flexibility index (Phi) is 7.65. The lowest BCUT2D eigenvalue weighted by Gasteiger charge is -2.47. The highest BCUT2D eigenvalue weighted by Gasteiger charge is 2.45. The van der Waals surface area contributed by atoms with Crippen molar-refractivity contribution in [1.82, 2.24) is 4.98 Å². The number of aliphatic hydroxyl groups excluding tert-OH is 2. The molecule has 1 saturated carbocycles. The molecule has 3 aliphatic rings. The molecule has 2 heterocycles. The molecule has 2 aliphatic carbocycles. The Morgan fingerprint density at radius 1 is 1.09 bits per heavy atom. The second-order valence-electron chi connectivity index (χ2n) is 9.83. The SMILES string of the molecule is CCc1c(CO)c(C2CCOCC2)nc2c1C(O)CC1(CCC1)C2.FC(F)(F)c1ccccc1. The lowest BCUT2D eigenvalue weighted by atomic mass is 9.59. The highest BCUT2D eigenvalue weighted by Crippen LogP contribution is 2.54. The molecule has 1 spiro atoms. The summed E-state index contributed by atoms with van der Waals surface area (Å²) in [6.45, 7) is 3.71. The van der Waals surface area contributed by atoms with Gasteiger partial charge in [0, 0.05) is 41.6 Å². The summed E-state index contributed by atoms with van der Waals surface area (Å²) in [7, 11) is 0. The van der Waals surface area contributed by atoms with Crippen molar-refractivity contribution in [3.05, 3.63) is 64.0 Å². The minimum atomic E-state index is -4.21. The predicted octanol–water partition coefficient (Wildman–Crippen LogP) is 5.89. The van der Waals surface area contributed by atoms with Gasteiger partial charge in [0.15, 0.2) is 0 Å². The molecule has 1 aliphatic heterocycles. The Morgan fingerprint density at radius 2 is 1.76 bits per heavy atom. The van der Waals surface area contributed by atoms with Crippen LogP contribution < -0.4 is 0 Å². The van der Waals surface area contributed by atoms with Crippen LogP contribution in [0.3, 0.4) is 0 Å². The van der Waals surface area contributed by atoms with Crippen molar-refractivity contribution in [3.63, 3.8) is 0 Å². The average Bonchev–Trinajstić information content (AvgIpc) is 2.82. The lowest BCUT2D eigenvalue weighted by Crippen LogP contribution is -2.38. The molecule has 5 rings (SSSR count). The van der Waals surface area contributed by atoms with Gasteiger partial charge in [-0.2, -0.15) is 13.2 Å². The van der Waals surface area contributed by atoms with E-state index in [0.717, 1.165) is 85.5 Å². The van der Waals surface area contributed by atoms with Gasteiger partial charge in [0.25, 0.3) is 0 Å². The molecular weight excluding hydrogens is 443 g/mol. The molecule has 186 valence electrons. The molecule has 0 bridgehead atoms. The number of nitrogens with zero attached hydrogens (tertiary/aromatic N) is 1. The first kappa shape index (κ1) is 25.1. The van der Waals surface area contributed by atoms with Crippen molar-refractivity contribution in [1.29, 1.82) is 0 Å². The largest absolute Gasteiger partial charge is 0.416 e. The van der Waals surface area contributed by atoms with Crippen LogP contribution in [0.1, 0.15) is 91.1 Å². The summed E-state index contributed by atoms with van der Waals surface area (Å²) in [5.41, 5.74) is 5.06. The number of hydrogen-bond acceptors (Lipinski definition) is 4. The van der Waals surface area contributed by atoms with Crippen molar-refractivity contribution in [2.24, 2.45) is 5.41 Å². The second-order valence-corrected chi connectivity index (χ2v) is 9.83. The van der Waals surface area contributed by atoms with Gasteiger partial charge in [0.1, 0.15) is 0 Å². The summed E-state index contributed by atoms with van der Waals surface area (Å²) >= 11 is 0. The topological polar surface area (TPSA) is 62.6 Å². The summed E-state index contributed by atoms with van der Waals surface area (Å²) in [6, 6.07) is 6.36. The van der Waals surface area contributed by atoms with E-state index >= 15 is 0 Å². The molecule has 1 aromatic heterocycles. The van der Waals surface area contributed by atoms with Crippen LogP contribution in [-0.4, -0.2) is 28.4 Å². The van der Waals surface area contributed by atoms with Gasteiger partial charge >= 0.3 is 6.18 Å². The number of pyridine rings is 1. The number of aliphatic hydroxyl groups is 2. The van der Waals surface area contributed by atoms with Crippen molar-refractivity contribution >= 4 is 0 Å². The fraction of sp³-hybridized carbons (Fsp3) is 0.593. The van der Waals surface area contributed by atoms with Crippen LogP contribution in [0.2, 0.25) is 0 Å². The second kappa shape index (κ2) is 10.3. The number of ether oxygens (including phenoxy) is 1. The van der Waals surface area contributed by atoms with E-state index < -0.39 is 17.8 Å². The van der Waals surface area contributed by atoms with Gasteiger partial charge in [0.2, 0.25) is 0 Å². The van der Waals surface area contributed by atoms with E-state index in [1.807, 2.05) is 0 Å². The first-order chi connectivity index (χ1) is 16.3. The molecule has 4 nitrogen and oxygen atoms in total. The monoisotopic (exact) mass is 477 g/mol. The molecule has 1 aromatic carbocycles. The van der Waals surface area contributed by atoms with Gasteiger partial charge in [-0.25, -0.2) is 0 Å². The van der Waals surface area contributed by atoms with E-state index in [9.17, 15) is 23.4 Å². The molecule has 2 fully saturated rings. The first-order valence-corrected chi connectivity index (χ1v) is 12.3. The van der Waals surface area contributed by atoms with Gasteiger partial charge in [-0.15, -0.1) is 0 Å². The summed E-state index contributed by atoms with van der Waals surface area (Å²) in [5, 5.41) is 20.9. The van der Waals surface area contributed by atoms with Crippen molar-refractivity contribution in [2.75, 3.05) is 13.2 Å². The van der Waals surface area contributed by atoms with Gasteiger partial charge in [0.05, 0.1) is 18.3 Å². The van der Waals surface area contributed by atoms with Crippen LogP contribution in [0.4, 0.5) is 13.2 Å². The molecule has 2 aromatic rings. The van der Waals surface area contributed by atoms with Gasteiger partial charge in [-0.3, -0.25) is 4.98 Å². The molecule has 1 atom stereocenters. The normalized spacial score (nSPS) is 21.9. The van der Waals surface area contributed by atoms with Gasteiger partial charge in [-0.1, -0.05) is 43.7 Å². The van der Waals surface area contributed by atoms with Crippen molar-refractivity contribution < 1.29 is 28.1 Å². The Morgan fingerprint density at radius 3 is 2.26 bits per heavy atom. The van der Waals surface area contributed by atoms with Crippen LogP contribution in [0.5, 0.6) is 0 Å². The van der Waals surface area contributed by atoms with Crippen molar-refractivity contribution in [2.45, 2.75) is 83.1 Å². The van der Waals surface area contributed by atoms with Crippen LogP contribution in [0.25, 0.3) is 0 Å². The third-order valence-electron chi connectivity index (χ3n) is 7.70. The summed E-state index contributed by atoms with van der Waals surface area (Å²) in [4.78, 5) is 5.07. The zero-order valence-electron chi connectivity index (χ0n) is 19.7. The molecule has 0 radical (unpaired) electrons. The van der Waals surface area contributed by atoms with E-state index in [1.165, 1.54) is 31.4 Å². The smallest absolute Gasteiger partial charge is 0.392 e. The molecule has 2 N–H and O–H groups in total. The summed E-state index contributed by atoms with van der Waals surface area (Å²) in [6.07, 6.45) is 3.80. The van der Waals surface area contributed by atoms with E-state index in [-0.39, 0.29) is 12.0 Å². The first-order valence-electron chi connectivity index (χ1n) is 12.3. The van der Waals surface area contributed by atoms with Crippen LogP contribution in [0, 0.1) is 5.41 Å². The Bertz CT molecular complexity index is 967. The van der Waals surface area contributed by atoms with Crippen LogP contribution in [-0.2, 0) is 30.4 Å². The van der Waals surface area contributed by atoms with Crippen molar-refractivity contribution in [3.8, 4) is 0 Å². The van der Waals surface area contributed by atoms with Crippen LogP contribution in [0.15, 0.2) is 30.3 Å². The molecule has 7 heteroatoms. The number of fused-ring (bicyclic) bond motifs is 1. The Labute approximate surface area is 199 Å². The van der Waals surface area contributed by atoms with Gasteiger partial charge < -0.3 is 14.9 Å². The van der Waals surface area contributed by atoms with E-state index in [0.29, 0.717) is 5.92 Å². The van der Waals surface area contributed by atoms with E-state index in [2.05, 4.69) is 6.92 Å². The number of rotatable bonds is 3. The highest BCUT2D eigenvalue weighted by atomic mass is 19.4. The Balaban J connectivity index is 0.000000231. The standard InChI is InChI=1S/C20H29NO3.C7H5F3/c1-2-14-15(12-22)19(13-4-8-24-9-5-13)21-16-10-20(6-3-7-20)11-17(23)18(14)16;8-7(9,10)6-4-2-1-3-5-6/h13,17,22-23H,2-12H2,1H3;1-5H. The lowest BCUT2D eigenvalue weighted by molar-refractivity contribution is -0.137. The molecule has 34 heavy (non-hydrogen) atoms. The number of aromatic nitrogens is 1. The van der Waals surface area contributed by atoms with Gasteiger partial charge in [-0.05, 0) is 55.9 Å². The number of alkyl halides is 3. The zero-order chi connectivity index (χ0) is 24.3. The number of halogens is 3. The number of benzene rings is 1. The quantitative estimate of drug-likeness (QED) is 0.579. The maximum atomic E-state index is 11.8. The predicted molar refractivity (Wildman–Crippen MR) is 123 cm³/mol. The summed E-state index contributed by atoms with van der Waals surface area (Å²) in [5.74, 6) is 0.382. The zero-order valence-corrected chi connectivity index (χ0v) is 19.7. The third kappa shape index (κ3) is 5.16.